The third kappa shape index (κ3) is 5.76. The van der Waals surface area contributed by atoms with Gasteiger partial charge in [0, 0.05) is 12.6 Å². The number of nitro benzene ring substituents is 1. The molecule has 0 heterocycles. The van der Waals surface area contributed by atoms with Crippen LogP contribution in [0.15, 0.2) is 12.1 Å². The highest BCUT2D eigenvalue weighted by Crippen LogP contribution is 2.31. The first-order valence-electron chi connectivity index (χ1n) is 7.50. The molecular weight excluding hydrogens is 312 g/mol. The van der Waals surface area contributed by atoms with Gasteiger partial charge in [0.15, 0.2) is 0 Å². The first-order chi connectivity index (χ1) is 11.0. The molecule has 0 saturated carbocycles. The maximum atomic E-state index is 11.9. The number of hydrogen-bond acceptors (Lipinski definition) is 6. The molecule has 0 spiro atoms. The summed E-state index contributed by atoms with van der Waals surface area (Å²) in [5.74, 6) is 0.314. The van der Waals surface area contributed by atoms with E-state index in [1.54, 1.807) is 20.8 Å². The van der Waals surface area contributed by atoms with Crippen LogP contribution in [0.3, 0.4) is 0 Å². The molecule has 1 rings (SSSR count). The van der Waals surface area contributed by atoms with Crippen LogP contribution >= 0.6 is 0 Å². The van der Waals surface area contributed by atoms with Gasteiger partial charge in [-0.15, -0.1) is 0 Å². The van der Waals surface area contributed by atoms with Crippen molar-refractivity contribution in [1.29, 1.82) is 5.26 Å². The lowest BCUT2D eigenvalue weighted by Crippen LogP contribution is -2.27. The second kappa shape index (κ2) is 7.64. The van der Waals surface area contributed by atoms with E-state index in [2.05, 4.69) is 10.6 Å². The number of hydrogen-bond donors (Lipinski definition) is 2. The average molecular weight is 334 g/mol. The summed E-state index contributed by atoms with van der Waals surface area (Å²) in [4.78, 5) is 22.5. The van der Waals surface area contributed by atoms with Crippen LogP contribution in [0.4, 0.5) is 21.9 Å². The Morgan fingerprint density at radius 3 is 2.46 bits per heavy atom. The minimum atomic E-state index is -0.801. The number of ether oxygens (including phenoxy) is 1. The summed E-state index contributed by atoms with van der Waals surface area (Å²) in [6.07, 6.45) is -0.801. The summed E-state index contributed by atoms with van der Waals surface area (Å²) in [6.45, 7) is 9.63. The summed E-state index contributed by atoms with van der Waals surface area (Å²) >= 11 is 0. The van der Waals surface area contributed by atoms with Gasteiger partial charge >= 0.3 is 6.09 Å². The van der Waals surface area contributed by atoms with Crippen LogP contribution in [-0.4, -0.2) is 23.2 Å². The van der Waals surface area contributed by atoms with E-state index in [9.17, 15) is 20.2 Å². The van der Waals surface area contributed by atoms with Gasteiger partial charge in [-0.05, 0) is 32.8 Å². The van der Waals surface area contributed by atoms with E-state index in [4.69, 9.17) is 4.74 Å². The number of carbonyl (C=O) groups is 1. The number of rotatable bonds is 5. The Bertz CT molecular complexity index is 672. The van der Waals surface area contributed by atoms with E-state index in [1.807, 2.05) is 19.9 Å². The van der Waals surface area contributed by atoms with Gasteiger partial charge in [-0.3, -0.25) is 15.4 Å². The molecule has 130 valence electrons. The number of nitriles is 1. The summed E-state index contributed by atoms with van der Waals surface area (Å²) in [6, 6.07) is 4.43. The molecule has 0 atom stereocenters. The highest BCUT2D eigenvalue weighted by atomic mass is 16.6. The normalized spacial score (nSPS) is 10.9. The number of amides is 1. The zero-order valence-electron chi connectivity index (χ0n) is 14.5. The van der Waals surface area contributed by atoms with Gasteiger partial charge in [-0.25, -0.2) is 4.79 Å². The standard InChI is InChI=1S/C16H22N4O4/c1-10(2)9-18-12-7-13(19-15(21)24-16(3,4)5)14(20(22)23)6-11(12)8-17/h6-7,10,18H,9H2,1-5H3,(H,19,21). The number of nitrogens with zero attached hydrogens (tertiary/aromatic N) is 2. The van der Waals surface area contributed by atoms with Crippen LogP contribution in [0.5, 0.6) is 0 Å². The van der Waals surface area contributed by atoms with Gasteiger partial charge in [0.2, 0.25) is 0 Å². The van der Waals surface area contributed by atoms with Crippen molar-refractivity contribution in [3.05, 3.63) is 27.8 Å². The first-order valence-corrected chi connectivity index (χ1v) is 7.50. The van der Waals surface area contributed by atoms with Crippen molar-refractivity contribution in [3.8, 4) is 6.07 Å². The van der Waals surface area contributed by atoms with Crippen molar-refractivity contribution < 1.29 is 14.5 Å². The lowest BCUT2D eigenvalue weighted by molar-refractivity contribution is -0.383. The van der Waals surface area contributed by atoms with Gasteiger partial charge in [0.25, 0.3) is 5.69 Å². The molecule has 2 N–H and O–H groups in total. The predicted molar refractivity (Wildman–Crippen MR) is 91.0 cm³/mol. The van der Waals surface area contributed by atoms with E-state index >= 15 is 0 Å². The lowest BCUT2D eigenvalue weighted by atomic mass is 10.1. The Morgan fingerprint density at radius 2 is 2.00 bits per heavy atom. The van der Waals surface area contributed by atoms with Crippen molar-refractivity contribution in [2.75, 3.05) is 17.2 Å². The Hall–Kier alpha value is -2.82. The number of nitro groups is 1. The molecule has 24 heavy (non-hydrogen) atoms. The minimum absolute atomic E-state index is 0.0282. The van der Waals surface area contributed by atoms with E-state index < -0.39 is 16.6 Å². The maximum absolute atomic E-state index is 11.9. The van der Waals surface area contributed by atoms with Crippen LogP contribution in [0, 0.1) is 27.4 Å². The monoisotopic (exact) mass is 334 g/mol. The molecule has 8 heteroatoms. The summed E-state index contributed by atoms with van der Waals surface area (Å²) in [5.41, 5.74) is -0.573. The fourth-order valence-electron chi connectivity index (χ4n) is 1.81. The molecule has 0 unspecified atom stereocenters. The molecular formula is C16H22N4O4. The molecule has 0 aromatic heterocycles. The maximum Gasteiger partial charge on any atom is 0.412 e. The molecule has 0 saturated heterocycles. The van der Waals surface area contributed by atoms with E-state index in [1.165, 1.54) is 6.07 Å². The molecule has 0 aliphatic carbocycles. The first kappa shape index (κ1) is 19.2. The largest absolute Gasteiger partial charge is 0.444 e. The molecule has 0 bridgehead atoms. The van der Waals surface area contributed by atoms with Gasteiger partial charge < -0.3 is 10.1 Å². The van der Waals surface area contributed by atoms with E-state index in [0.717, 1.165) is 6.07 Å². The van der Waals surface area contributed by atoms with Crippen molar-refractivity contribution in [2.24, 2.45) is 5.92 Å². The SMILES string of the molecule is CC(C)CNc1cc(NC(=O)OC(C)(C)C)c([N+](=O)[O-])cc1C#N. The highest BCUT2D eigenvalue weighted by Gasteiger charge is 2.23. The second-order valence-corrected chi connectivity index (χ2v) is 6.69. The van der Waals surface area contributed by atoms with Crippen LogP contribution in [0.2, 0.25) is 0 Å². The van der Waals surface area contributed by atoms with Crippen LogP contribution in [0.1, 0.15) is 40.2 Å². The second-order valence-electron chi connectivity index (χ2n) is 6.69. The predicted octanol–water partition coefficient (Wildman–Crippen LogP) is 3.88. The lowest BCUT2D eigenvalue weighted by Gasteiger charge is -2.20. The quantitative estimate of drug-likeness (QED) is 0.623. The molecule has 0 fully saturated rings. The van der Waals surface area contributed by atoms with Gasteiger partial charge in [0.1, 0.15) is 17.4 Å². The van der Waals surface area contributed by atoms with Gasteiger partial charge in [-0.2, -0.15) is 5.26 Å². The minimum Gasteiger partial charge on any atom is -0.444 e. The van der Waals surface area contributed by atoms with Gasteiger partial charge in [-0.1, -0.05) is 13.8 Å². The Morgan fingerprint density at radius 1 is 1.38 bits per heavy atom. The van der Waals surface area contributed by atoms with Crippen LogP contribution < -0.4 is 10.6 Å². The van der Waals surface area contributed by atoms with E-state index in [-0.39, 0.29) is 16.9 Å². The topological polar surface area (TPSA) is 117 Å². The van der Waals surface area contributed by atoms with Gasteiger partial charge in [0.05, 0.1) is 16.2 Å². The average Bonchev–Trinajstić information content (AvgIpc) is 2.42. The smallest absolute Gasteiger partial charge is 0.412 e. The number of benzene rings is 1. The fraction of sp³-hybridized carbons (Fsp3) is 0.500. The van der Waals surface area contributed by atoms with Crippen molar-refractivity contribution >= 4 is 23.2 Å². The summed E-state index contributed by atoms with van der Waals surface area (Å²) < 4.78 is 5.11. The van der Waals surface area contributed by atoms with Crippen molar-refractivity contribution in [3.63, 3.8) is 0 Å². The zero-order chi connectivity index (χ0) is 18.5. The molecule has 0 aliphatic rings. The zero-order valence-corrected chi connectivity index (χ0v) is 14.5. The molecule has 1 aromatic carbocycles. The van der Waals surface area contributed by atoms with E-state index in [0.29, 0.717) is 18.2 Å². The molecule has 1 amide bonds. The van der Waals surface area contributed by atoms with Crippen molar-refractivity contribution in [1.82, 2.24) is 0 Å². The Balaban J connectivity index is 3.20. The summed E-state index contributed by atoms with van der Waals surface area (Å²) in [5, 5.41) is 25.8. The molecule has 0 radical (unpaired) electrons. The Kier molecular flexibility index (Phi) is 6.12. The summed E-state index contributed by atoms with van der Waals surface area (Å²) in [7, 11) is 0. The molecule has 8 nitrogen and oxygen atoms in total. The molecule has 1 aromatic rings. The van der Waals surface area contributed by atoms with Crippen molar-refractivity contribution in [2.45, 2.75) is 40.2 Å². The number of anilines is 2. The highest BCUT2D eigenvalue weighted by molar-refractivity contribution is 5.90. The van der Waals surface area contributed by atoms with Crippen LogP contribution in [0.25, 0.3) is 0 Å². The van der Waals surface area contributed by atoms with Crippen LogP contribution in [-0.2, 0) is 4.74 Å². The molecule has 0 aliphatic heterocycles. The fourth-order valence-corrected chi connectivity index (χ4v) is 1.81. The number of nitrogens with one attached hydrogen (secondary N) is 2. The third-order valence-corrected chi connectivity index (χ3v) is 2.79. The number of carbonyl (C=O) groups excluding carboxylic acids is 1. The Labute approximate surface area is 141 Å². The third-order valence-electron chi connectivity index (χ3n) is 2.79.